The number of halogens is 1. The average molecular weight is 401 g/mol. The first kappa shape index (κ1) is 21.0. The van der Waals surface area contributed by atoms with E-state index in [1.807, 2.05) is 18.9 Å². The van der Waals surface area contributed by atoms with E-state index in [4.69, 9.17) is 11.6 Å². The Morgan fingerprint density at radius 3 is 2.50 bits per heavy atom. The SMILES string of the molecule is Cc1ccc(Cl)cc1N(CCCC(=O)N(C)C1CCCCC1)S(C)(=O)=O. The first-order valence-electron chi connectivity index (χ1n) is 9.19. The van der Waals surface area contributed by atoms with Crippen molar-refractivity contribution in [3.05, 3.63) is 28.8 Å². The van der Waals surface area contributed by atoms with E-state index in [2.05, 4.69) is 0 Å². The molecule has 1 aromatic rings. The number of hydrogen-bond donors (Lipinski definition) is 0. The van der Waals surface area contributed by atoms with Gasteiger partial charge in [-0.2, -0.15) is 0 Å². The number of carbonyl (C=O) groups is 1. The lowest BCUT2D eigenvalue weighted by molar-refractivity contribution is -0.132. The van der Waals surface area contributed by atoms with Crippen molar-refractivity contribution in [3.8, 4) is 0 Å². The molecule has 0 spiro atoms. The molecular weight excluding hydrogens is 372 g/mol. The van der Waals surface area contributed by atoms with Crippen LogP contribution in [0, 0.1) is 6.92 Å². The molecule has 0 aliphatic heterocycles. The maximum Gasteiger partial charge on any atom is 0.232 e. The molecule has 1 aromatic carbocycles. The Kier molecular flexibility index (Phi) is 7.35. The van der Waals surface area contributed by atoms with Gasteiger partial charge in [0.1, 0.15) is 0 Å². The molecule has 1 aliphatic rings. The number of sulfonamides is 1. The monoisotopic (exact) mass is 400 g/mol. The predicted octanol–water partition coefficient (Wildman–Crippen LogP) is 3.99. The summed E-state index contributed by atoms with van der Waals surface area (Å²) in [6.07, 6.45) is 7.76. The molecule has 5 nitrogen and oxygen atoms in total. The normalized spacial score (nSPS) is 15.7. The Morgan fingerprint density at radius 2 is 1.88 bits per heavy atom. The minimum atomic E-state index is -3.45. The largest absolute Gasteiger partial charge is 0.343 e. The number of nitrogens with zero attached hydrogens (tertiary/aromatic N) is 2. The Labute approximate surface area is 162 Å². The number of hydrogen-bond acceptors (Lipinski definition) is 3. The van der Waals surface area contributed by atoms with Gasteiger partial charge in [-0.25, -0.2) is 8.42 Å². The Morgan fingerprint density at radius 1 is 1.23 bits per heavy atom. The summed E-state index contributed by atoms with van der Waals surface area (Å²) < 4.78 is 25.8. The van der Waals surface area contributed by atoms with Crippen LogP contribution in [0.1, 0.15) is 50.5 Å². The van der Waals surface area contributed by atoms with E-state index in [1.165, 1.54) is 29.8 Å². The number of benzene rings is 1. The van der Waals surface area contributed by atoms with Gasteiger partial charge in [0.15, 0.2) is 0 Å². The number of amides is 1. The molecule has 0 saturated heterocycles. The third kappa shape index (κ3) is 5.61. The van der Waals surface area contributed by atoms with Crippen molar-refractivity contribution < 1.29 is 13.2 Å². The molecule has 0 heterocycles. The van der Waals surface area contributed by atoms with Gasteiger partial charge in [-0.05, 0) is 43.9 Å². The molecule has 0 aromatic heterocycles. The third-order valence-corrected chi connectivity index (χ3v) is 6.52. The van der Waals surface area contributed by atoms with Gasteiger partial charge < -0.3 is 4.90 Å². The zero-order valence-corrected chi connectivity index (χ0v) is 17.4. The molecule has 1 fully saturated rings. The molecular formula is C19H29ClN2O3S. The highest BCUT2D eigenvalue weighted by atomic mass is 35.5. The van der Waals surface area contributed by atoms with Crippen LogP contribution in [-0.2, 0) is 14.8 Å². The van der Waals surface area contributed by atoms with E-state index >= 15 is 0 Å². The highest BCUT2D eigenvalue weighted by Crippen LogP contribution is 2.27. The van der Waals surface area contributed by atoms with E-state index in [-0.39, 0.29) is 12.5 Å². The molecule has 1 saturated carbocycles. The molecule has 0 radical (unpaired) electrons. The van der Waals surface area contributed by atoms with Gasteiger partial charge >= 0.3 is 0 Å². The molecule has 0 bridgehead atoms. The Bertz CT molecular complexity index is 730. The van der Waals surface area contributed by atoms with Crippen molar-refractivity contribution in [2.24, 2.45) is 0 Å². The lowest BCUT2D eigenvalue weighted by Crippen LogP contribution is -2.39. The lowest BCUT2D eigenvalue weighted by Gasteiger charge is -2.31. The molecule has 1 aliphatic carbocycles. The Balaban J connectivity index is 1.99. The summed E-state index contributed by atoms with van der Waals surface area (Å²) in [5, 5.41) is 0.493. The maximum absolute atomic E-state index is 12.5. The van der Waals surface area contributed by atoms with Crippen LogP contribution in [0.2, 0.25) is 5.02 Å². The van der Waals surface area contributed by atoms with Crippen LogP contribution in [0.15, 0.2) is 18.2 Å². The zero-order chi connectivity index (χ0) is 19.3. The summed E-state index contributed by atoms with van der Waals surface area (Å²) in [5.74, 6) is 0.0909. The van der Waals surface area contributed by atoms with Gasteiger partial charge in [0.25, 0.3) is 0 Å². The van der Waals surface area contributed by atoms with Crippen LogP contribution in [0.5, 0.6) is 0 Å². The smallest absolute Gasteiger partial charge is 0.232 e. The van der Waals surface area contributed by atoms with E-state index in [1.54, 1.807) is 18.2 Å². The van der Waals surface area contributed by atoms with Crippen LogP contribution in [0.4, 0.5) is 5.69 Å². The maximum atomic E-state index is 12.5. The third-order valence-electron chi connectivity index (χ3n) is 5.11. The molecule has 0 N–H and O–H groups in total. The van der Waals surface area contributed by atoms with E-state index in [0.717, 1.165) is 18.4 Å². The molecule has 7 heteroatoms. The summed E-state index contributed by atoms with van der Waals surface area (Å²) in [6.45, 7) is 2.12. The van der Waals surface area contributed by atoms with Crippen LogP contribution in [0.25, 0.3) is 0 Å². The van der Waals surface area contributed by atoms with Gasteiger partial charge in [0.2, 0.25) is 15.9 Å². The fourth-order valence-corrected chi connectivity index (χ4v) is 4.72. The summed E-state index contributed by atoms with van der Waals surface area (Å²) >= 11 is 6.04. The minimum Gasteiger partial charge on any atom is -0.343 e. The second-order valence-corrected chi connectivity index (χ2v) is 9.51. The fourth-order valence-electron chi connectivity index (χ4n) is 3.54. The van der Waals surface area contributed by atoms with E-state index < -0.39 is 10.0 Å². The lowest BCUT2D eigenvalue weighted by atomic mass is 9.94. The van der Waals surface area contributed by atoms with E-state index in [0.29, 0.717) is 29.6 Å². The first-order chi connectivity index (χ1) is 12.2. The number of rotatable bonds is 7. The molecule has 2 rings (SSSR count). The molecule has 26 heavy (non-hydrogen) atoms. The predicted molar refractivity (Wildman–Crippen MR) is 107 cm³/mol. The second kappa shape index (κ2) is 9.09. The van der Waals surface area contributed by atoms with Gasteiger partial charge in [-0.3, -0.25) is 9.10 Å². The highest BCUT2D eigenvalue weighted by Gasteiger charge is 2.23. The van der Waals surface area contributed by atoms with E-state index in [9.17, 15) is 13.2 Å². The van der Waals surface area contributed by atoms with Crippen LogP contribution >= 0.6 is 11.6 Å². The fraction of sp³-hybridized carbons (Fsp3) is 0.632. The minimum absolute atomic E-state index is 0.0909. The average Bonchev–Trinajstić information content (AvgIpc) is 2.60. The van der Waals surface area contributed by atoms with Gasteiger partial charge in [-0.15, -0.1) is 0 Å². The van der Waals surface area contributed by atoms with Crippen LogP contribution in [-0.4, -0.2) is 45.1 Å². The van der Waals surface area contributed by atoms with Crippen molar-refractivity contribution in [3.63, 3.8) is 0 Å². The second-order valence-electron chi connectivity index (χ2n) is 7.17. The topological polar surface area (TPSA) is 57.7 Å². The quantitative estimate of drug-likeness (QED) is 0.695. The van der Waals surface area contributed by atoms with Crippen molar-refractivity contribution >= 4 is 33.2 Å². The van der Waals surface area contributed by atoms with Crippen LogP contribution < -0.4 is 4.31 Å². The zero-order valence-electron chi connectivity index (χ0n) is 15.9. The van der Waals surface area contributed by atoms with Gasteiger partial charge in [0, 0.05) is 31.1 Å². The molecule has 0 atom stereocenters. The summed E-state index contributed by atoms with van der Waals surface area (Å²) in [5.41, 5.74) is 1.42. The summed E-state index contributed by atoms with van der Waals surface area (Å²) in [6, 6.07) is 5.53. The summed E-state index contributed by atoms with van der Waals surface area (Å²) in [7, 11) is -1.58. The molecule has 1 amide bonds. The molecule has 146 valence electrons. The first-order valence-corrected chi connectivity index (χ1v) is 11.4. The standard InChI is InChI=1S/C19H29ClN2O3S/c1-15-11-12-16(20)14-18(15)22(26(3,24)25)13-7-10-19(23)21(2)17-8-5-4-6-9-17/h11-12,14,17H,4-10,13H2,1-3H3. The van der Waals surface area contributed by atoms with Crippen molar-refractivity contribution in [1.29, 1.82) is 0 Å². The van der Waals surface area contributed by atoms with Crippen molar-refractivity contribution in [2.45, 2.75) is 57.9 Å². The highest BCUT2D eigenvalue weighted by molar-refractivity contribution is 7.92. The Hall–Kier alpha value is -1.27. The number of anilines is 1. The van der Waals surface area contributed by atoms with Crippen molar-refractivity contribution in [2.75, 3.05) is 24.2 Å². The number of aryl methyl sites for hydroxylation is 1. The van der Waals surface area contributed by atoms with Gasteiger partial charge in [-0.1, -0.05) is 36.9 Å². The number of carbonyl (C=O) groups excluding carboxylic acids is 1. The molecule has 0 unspecified atom stereocenters. The van der Waals surface area contributed by atoms with Crippen molar-refractivity contribution in [1.82, 2.24) is 4.90 Å². The summed E-state index contributed by atoms with van der Waals surface area (Å²) in [4.78, 5) is 14.3. The van der Waals surface area contributed by atoms with Crippen LogP contribution in [0.3, 0.4) is 0 Å². The van der Waals surface area contributed by atoms with Gasteiger partial charge in [0.05, 0.1) is 11.9 Å².